The normalized spacial score (nSPS) is 10.6. The van der Waals surface area contributed by atoms with Crippen molar-refractivity contribution in [1.82, 2.24) is 10.1 Å². The molecule has 0 saturated heterocycles. The van der Waals surface area contributed by atoms with Gasteiger partial charge in [0.2, 0.25) is 0 Å². The maximum atomic E-state index is 12.6. The lowest BCUT2D eigenvalue weighted by Gasteiger charge is -2.10. The van der Waals surface area contributed by atoms with E-state index in [1.807, 2.05) is 12.1 Å². The van der Waals surface area contributed by atoms with E-state index in [1.165, 1.54) is 0 Å². The Hall–Kier alpha value is -3.46. The maximum Gasteiger partial charge on any atom is 0.339 e. The van der Waals surface area contributed by atoms with Crippen LogP contribution in [0.25, 0.3) is 11.1 Å². The van der Waals surface area contributed by atoms with Crippen molar-refractivity contribution in [2.24, 2.45) is 5.92 Å². The summed E-state index contributed by atoms with van der Waals surface area (Å²) in [6.45, 7) is 4.02. The molecule has 6 nitrogen and oxygen atoms in total. The van der Waals surface area contributed by atoms with E-state index in [1.54, 1.807) is 36.4 Å². The summed E-state index contributed by atoms with van der Waals surface area (Å²) < 4.78 is 10.5. The fourth-order valence-corrected chi connectivity index (χ4v) is 2.71. The predicted molar refractivity (Wildman–Crippen MR) is 98.6 cm³/mol. The van der Waals surface area contributed by atoms with Crippen molar-refractivity contribution < 1.29 is 14.1 Å². The first kappa shape index (κ1) is 18.3. The number of aromatic nitrogens is 2. The van der Waals surface area contributed by atoms with Crippen molar-refractivity contribution in [1.29, 1.82) is 5.26 Å². The molecular weight excluding hydrogens is 342 g/mol. The van der Waals surface area contributed by atoms with Crippen LogP contribution >= 0.6 is 0 Å². The molecule has 136 valence electrons. The first-order valence-corrected chi connectivity index (χ1v) is 8.65. The Labute approximate surface area is 157 Å². The van der Waals surface area contributed by atoms with Gasteiger partial charge in [-0.2, -0.15) is 10.2 Å². The van der Waals surface area contributed by atoms with E-state index in [0.717, 1.165) is 0 Å². The summed E-state index contributed by atoms with van der Waals surface area (Å²) in [7, 11) is 0. The summed E-state index contributed by atoms with van der Waals surface area (Å²) in [6.07, 6.45) is 0.700. The molecule has 0 unspecified atom stereocenters. The highest BCUT2D eigenvalue weighted by atomic mass is 16.6. The van der Waals surface area contributed by atoms with Gasteiger partial charge in [-0.05, 0) is 23.6 Å². The summed E-state index contributed by atoms with van der Waals surface area (Å²) in [5.74, 6) is 0.750. The Kier molecular flexibility index (Phi) is 5.62. The second-order valence-corrected chi connectivity index (χ2v) is 6.48. The van der Waals surface area contributed by atoms with Crippen molar-refractivity contribution in [3.8, 4) is 17.2 Å². The zero-order chi connectivity index (χ0) is 19.2. The van der Waals surface area contributed by atoms with Gasteiger partial charge in [-0.25, -0.2) is 4.79 Å². The fraction of sp³-hybridized carbons (Fsp3) is 0.238. The highest BCUT2D eigenvalue weighted by Crippen LogP contribution is 2.27. The van der Waals surface area contributed by atoms with Crippen LogP contribution in [0, 0.1) is 17.2 Å². The van der Waals surface area contributed by atoms with Gasteiger partial charge in [0.25, 0.3) is 5.89 Å². The molecule has 0 N–H and O–H groups in total. The lowest BCUT2D eigenvalue weighted by molar-refractivity contribution is 0.0430. The molecule has 0 atom stereocenters. The Morgan fingerprint density at radius 3 is 2.59 bits per heavy atom. The van der Waals surface area contributed by atoms with E-state index in [9.17, 15) is 10.1 Å². The largest absolute Gasteiger partial charge is 0.452 e. The quantitative estimate of drug-likeness (QED) is 0.612. The summed E-state index contributed by atoms with van der Waals surface area (Å²) in [4.78, 5) is 16.8. The molecule has 0 bridgehead atoms. The number of esters is 1. The third kappa shape index (κ3) is 4.39. The van der Waals surface area contributed by atoms with Gasteiger partial charge in [0.1, 0.15) is 0 Å². The number of benzene rings is 2. The van der Waals surface area contributed by atoms with Crippen LogP contribution in [-0.4, -0.2) is 16.1 Å². The molecular formula is C21H19N3O3. The van der Waals surface area contributed by atoms with Crippen molar-refractivity contribution >= 4 is 5.97 Å². The molecule has 0 aliphatic rings. The van der Waals surface area contributed by atoms with E-state index >= 15 is 0 Å². The second kappa shape index (κ2) is 8.28. The molecule has 0 amide bonds. The van der Waals surface area contributed by atoms with Crippen molar-refractivity contribution in [2.45, 2.75) is 26.9 Å². The molecule has 27 heavy (non-hydrogen) atoms. The molecule has 1 heterocycles. The van der Waals surface area contributed by atoms with Crippen molar-refractivity contribution in [3.05, 3.63) is 71.4 Å². The molecule has 0 fully saturated rings. The van der Waals surface area contributed by atoms with Gasteiger partial charge in [-0.1, -0.05) is 55.4 Å². The Morgan fingerprint density at radius 2 is 1.85 bits per heavy atom. The Morgan fingerprint density at radius 1 is 1.15 bits per heavy atom. The molecule has 0 spiro atoms. The van der Waals surface area contributed by atoms with Crippen molar-refractivity contribution in [2.75, 3.05) is 0 Å². The number of nitrogens with zero attached hydrogens (tertiary/aromatic N) is 3. The third-order valence-electron chi connectivity index (χ3n) is 3.91. The number of carbonyl (C=O) groups is 1. The second-order valence-electron chi connectivity index (χ2n) is 6.48. The van der Waals surface area contributed by atoms with Gasteiger partial charge >= 0.3 is 5.97 Å². The zero-order valence-electron chi connectivity index (χ0n) is 15.2. The minimum atomic E-state index is -0.512. The minimum Gasteiger partial charge on any atom is -0.452 e. The lowest BCUT2D eigenvalue weighted by atomic mass is 9.96. The predicted octanol–water partition coefficient (Wildman–Crippen LogP) is 4.16. The topological polar surface area (TPSA) is 89.0 Å². The number of rotatable bonds is 6. The van der Waals surface area contributed by atoms with E-state index in [4.69, 9.17) is 9.26 Å². The number of ether oxygens (including phenoxy) is 1. The number of nitriles is 1. The van der Waals surface area contributed by atoms with Crippen LogP contribution in [0.4, 0.5) is 0 Å². The van der Waals surface area contributed by atoms with Crippen LogP contribution in [-0.2, 0) is 17.8 Å². The monoisotopic (exact) mass is 361 g/mol. The standard InChI is InChI=1S/C21H19N3O3/c1-14(2)11-19-23-20(27-24-19)13-26-21(25)18-10-6-5-9-17(18)16-8-4-3-7-15(16)12-22/h3-10,14H,11,13H2,1-2H3. The number of hydrogen-bond donors (Lipinski definition) is 0. The van der Waals surface area contributed by atoms with Crippen LogP contribution in [0.5, 0.6) is 0 Å². The lowest BCUT2D eigenvalue weighted by Crippen LogP contribution is -2.07. The first-order chi connectivity index (χ1) is 13.1. The van der Waals surface area contributed by atoms with Gasteiger partial charge in [-0.3, -0.25) is 0 Å². The summed E-state index contributed by atoms with van der Waals surface area (Å²) in [5.41, 5.74) is 2.20. The molecule has 3 aromatic rings. The SMILES string of the molecule is CC(C)Cc1noc(COC(=O)c2ccccc2-c2ccccc2C#N)n1. The number of carbonyl (C=O) groups excluding carboxylic acids is 1. The molecule has 0 aliphatic heterocycles. The summed E-state index contributed by atoms with van der Waals surface area (Å²) in [5, 5.41) is 13.2. The van der Waals surface area contributed by atoms with E-state index in [-0.39, 0.29) is 12.5 Å². The molecule has 0 saturated carbocycles. The smallest absolute Gasteiger partial charge is 0.339 e. The van der Waals surface area contributed by atoms with Crippen LogP contribution in [0.1, 0.15) is 41.5 Å². The molecule has 1 aromatic heterocycles. The van der Waals surface area contributed by atoms with Gasteiger partial charge < -0.3 is 9.26 Å². The van der Waals surface area contributed by atoms with Crippen LogP contribution in [0.3, 0.4) is 0 Å². The average Bonchev–Trinajstić information content (AvgIpc) is 3.12. The average molecular weight is 361 g/mol. The van der Waals surface area contributed by atoms with Gasteiger partial charge in [-0.15, -0.1) is 0 Å². The third-order valence-corrected chi connectivity index (χ3v) is 3.91. The molecule has 0 radical (unpaired) electrons. The van der Waals surface area contributed by atoms with E-state index in [2.05, 4.69) is 30.1 Å². The fourth-order valence-electron chi connectivity index (χ4n) is 2.71. The van der Waals surface area contributed by atoms with Gasteiger partial charge in [0.15, 0.2) is 12.4 Å². The van der Waals surface area contributed by atoms with E-state index in [0.29, 0.717) is 40.4 Å². The molecule has 2 aromatic carbocycles. The Bertz CT molecular complexity index is 986. The van der Waals surface area contributed by atoms with Gasteiger partial charge in [0.05, 0.1) is 17.2 Å². The van der Waals surface area contributed by atoms with Crippen LogP contribution < -0.4 is 0 Å². The zero-order valence-corrected chi connectivity index (χ0v) is 15.2. The Balaban J connectivity index is 1.78. The molecule has 0 aliphatic carbocycles. The first-order valence-electron chi connectivity index (χ1n) is 8.65. The van der Waals surface area contributed by atoms with Crippen LogP contribution in [0.2, 0.25) is 0 Å². The number of hydrogen-bond acceptors (Lipinski definition) is 6. The van der Waals surface area contributed by atoms with Crippen LogP contribution in [0.15, 0.2) is 53.1 Å². The van der Waals surface area contributed by atoms with Gasteiger partial charge in [0, 0.05) is 12.0 Å². The highest BCUT2D eigenvalue weighted by molar-refractivity contribution is 5.98. The summed E-state index contributed by atoms with van der Waals surface area (Å²) >= 11 is 0. The highest BCUT2D eigenvalue weighted by Gasteiger charge is 2.17. The van der Waals surface area contributed by atoms with E-state index < -0.39 is 5.97 Å². The maximum absolute atomic E-state index is 12.6. The molecule has 6 heteroatoms. The summed E-state index contributed by atoms with van der Waals surface area (Å²) in [6, 6.07) is 16.3. The molecule has 3 rings (SSSR count). The van der Waals surface area contributed by atoms with Crippen molar-refractivity contribution in [3.63, 3.8) is 0 Å². The minimum absolute atomic E-state index is 0.0990.